The predicted octanol–water partition coefficient (Wildman–Crippen LogP) is 17.5. The van der Waals surface area contributed by atoms with Crippen LogP contribution in [0.25, 0.3) is 132 Å². The molecular weight excluding hydrogens is 847 g/mol. The van der Waals surface area contributed by atoms with Gasteiger partial charge in [-0.25, -0.2) is 15.0 Å². The van der Waals surface area contributed by atoms with Gasteiger partial charge in [-0.15, -0.1) is 11.3 Å². The van der Waals surface area contributed by atoms with Crippen molar-refractivity contribution in [1.82, 2.24) is 15.0 Å². The Morgan fingerprint density at radius 1 is 0.265 bits per heavy atom. The molecule has 0 fully saturated rings. The van der Waals surface area contributed by atoms with E-state index in [-0.39, 0.29) is 0 Å². The maximum absolute atomic E-state index is 6.95. The largest absolute Gasteiger partial charge is 0.455 e. The van der Waals surface area contributed by atoms with Gasteiger partial charge in [-0.2, -0.15) is 0 Å². The van der Waals surface area contributed by atoms with E-state index >= 15 is 0 Å². The molecule has 0 spiro atoms. The van der Waals surface area contributed by atoms with Crippen molar-refractivity contribution in [3.05, 3.63) is 237 Å². The minimum atomic E-state index is 0.617. The molecule has 0 atom stereocenters. The molecule has 0 bridgehead atoms. The monoisotopic (exact) mass is 885 g/mol. The average molecular weight is 886 g/mol. The Labute approximate surface area is 397 Å². The molecular formula is C63H39N3OS. The third kappa shape index (κ3) is 6.88. The number of furan rings is 1. The number of benzene rings is 10. The van der Waals surface area contributed by atoms with Crippen LogP contribution in [0.3, 0.4) is 0 Å². The standard InChI is InChI=1S/C63H39N3OS/c1-4-17-40(18-5-1)45-37-38-56-55(39-45)58-54(31-16-32-57(58)68-56)63-65-61(44-21-8-3-9-22-44)64-62(66-63)53-26-13-11-24-47(53)42-33-35-43(36-34-42)48-27-14-29-51-52-30-15-28-50(60(52)67-59(48)51)49-25-12-10-23-46(49)41-19-6-2-7-20-41/h1-39H. The third-order valence-electron chi connectivity index (χ3n) is 13.0. The number of hydrogen-bond donors (Lipinski definition) is 0. The zero-order valence-corrected chi connectivity index (χ0v) is 37.5. The van der Waals surface area contributed by atoms with E-state index in [9.17, 15) is 0 Å². The zero-order chi connectivity index (χ0) is 45.0. The maximum Gasteiger partial charge on any atom is 0.164 e. The summed E-state index contributed by atoms with van der Waals surface area (Å²) < 4.78 is 9.37. The second-order valence-electron chi connectivity index (χ2n) is 17.0. The van der Waals surface area contributed by atoms with E-state index in [1.165, 1.54) is 37.0 Å². The van der Waals surface area contributed by atoms with Crippen molar-refractivity contribution in [3.63, 3.8) is 0 Å². The van der Waals surface area contributed by atoms with Gasteiger partial charge in [0.2, 0.25) is 0 Å². The van der Waals surface area contributed by atoms with Crippen LogP contribution in [0.2, 0.25) is 0 Å². The maximum atomic E-state index is 6.95. The van der Waals surface area contributed by atoms with Crippen molar-refractivity contribution in [2.45, 2.75) is 0 Å². The molecule has 0 aliphatic heterocycles. The van der Waals surface area contributed by atoms with E-state index < -0.39 is 0 Å². The molecule has 0 saturated heterocycles. The van der Waals surface area contributed by atoms with Crippen LogP contribution >= 0.6 is 11.3 Å². The lowest BCUT2D eigenvalue weighted by Gasteiger charge is -2.13. The number of rotatable bonds is 8. The second-order valence-corrected chi connectivity index (χ2v) is 18.1. The van der Waals surface area contributed by atoms with Crippen LogP contribution in [0, 0.1) is 0 Å². The molecule has 3 aromatic heterocycles. The molecule has 0 saturated carbocycles. The Hall–Kier alpha value is -8.77. The molecule has 5 heteroatoms. The molecule has 0 radical (unpaired) electrons. The smallest absolute Gasteiger partial charge is 0.164 e. The summed E-state index contributed by atoms with van der Waals surface area (Å²) in [6.07, 6.45) is 0. The van der Waals surface area contributed by atoms with Crippen LogP contribution in [0.4, 0.5) is 0 Å². The molecule has 318 valence electrons. The van der Waals surface area contributed by atoms with Gasteiger partial charge < -0.3 is 4.42 Å². The summed E-state index contributed by atoms with van der Waals surface area (Å²) in [4.78, 5) is 15.8. The van der Waals surface area contributed by atoms with Crippen LogP contribution in [-0.4, -0.2) is 15.0 Å². The van der Waals surface area contributed by atoms with Crippen molar-refractivity contribution in [2.24, 2.45) is 0 Å². The number of thiophene rings is 1. The van der Waals surface area contributed by atoms with Gasteiger partial charge in [-0.05, 0) is 62.7 Å². The van der Waals surface area contributed by atoms with Crippen molar-refractivity contribution in [1.29, 1.82) is 0 Å². The fourth-order valence-corrected chi connectivity index (χ4v) is 10.9. The SMILES string of the molecule is c1ccc(-c2ccc3sc4cccc(-c5nc(-c6ccccc6)nc(-c6ccccc6-c6ccc(-c7cccc8c7oc7c(-c9ccccc9-c9ccccc9)cccc78)cc6)n5)c4c3c2)cc1. The van der Waals surface area contributed by atoms with E-state index in [2.05, 4.69) is 218 Å². The molecule has 0 aliphatic rings. The van der Waals surface area contributed by atoms with Crippen LogP contribution in [0.15, 0.2) is 241 Å². The van der Waals surface area contributed by atoms with Gasteiger partial charge in [0.05, 0.1) is 0 Å². The number of nitrogens with zero attached hydrogens (tertiary/aromatic N) is 3. The minimum Gasteiger partial charge on any atom is -0.455 e. The highest BCUT2D eigenvalue weighted by molar-refractivity contribution is 7.26. The Morgan fingerprint density at radius 3 is 1.41 bits per heavy atom. The Morgan fingerprint density at radius 2 is 0.721 bits per heavy atom. The van der Waals surface area contributed by atoms with Gasteiger partial charge in [-0.3, -0.25) is 0 Å². The first kappa shape index (κ1) is 39.6. The van der Waals surface area contributed by atoms with E-state index in [1.54, 1.807) is 11.3 Å². The molecule has 68 heavy (non-hydrogen) atoms. The first-order valence-electron chi connectivity index (χ1n) is 22.8. The van der Waals surface area contributed by atoms with Gasteiger partial charge in [0.15, 0.2) is 17.5 Å². The fourth-order valence-electron chi connectivity index (χ4n) is 9.76. The summed E-state index contributed by atoms with van der Waals surface area (Å²) in [5.41, 5.74) is 15.7. The highest BCUT2D eigenvalue weighted by Crippen LogP contribution is 2.44. The molecule has 0 N–H and O–H groups in total. The normalized spacial score (nSPS) is 11.5. The molecule has 0 unspecified atom stereocenters. The number of hydrogen-bond acceptors (Lipinski definition) is 5. The van der Waals surface area contributed by atoms with Gasteiger partial charge in [0, 0.05) is 58.8 Å². The summed E-state index contributed by atoms with van der Waals surface area (Å²) in [5.74, 6) is 1.88. The summed E-state index contributed by atoms with van der Waals surface area (Å²) in [6, 6.07) is 83.2. The van der Waals surface area contributed by atoms with Crippen LogP contribution in [0.1, 0.15) is 0 Å². The van der Waals surface area contributed by atoms with E-state index in [4.69, 9.17) is 19.4 Å². The number of aromatic nitrogens is 3. The minimum absolute atomic E-state index is 0.617. The number of para-hydroxylation sites is 2. The molecule has 4 nitrogen and oxygen atoms in total. The lowest BCUT2D eigenvalue weighted by molar-refractivity contribution is 0.671. The topological polar surface area (TPSA) is 51.8 Å². The van der Waals surface area contributed by atoms with Gasteiger partial charge in [0.1, 0.15) is 11.2 Å². The van der Waals surface area contributed by atoms with Gasteiger partial charge in [-0.1, -0.05) is 218 Å². The van der Waals surface area contributed by atoms with Crippen LogP contribution in [0.5, 0.6) is 0 Å². The average Bonchev–Trinajstić information content (AvgIpc) is 4.00. The summed E-state index contributed by atoms with van der Waals surface area (Å²) in [5, 5.41) is 4.53. The molecule has 0 aliphatic carbocycles. The van der Waals surface area contributed by atoms with Crippen molar-refractivity contribution >= 4 is 53.4 Å². The lowest BCUT2D eigenvalue weighted by atomic mass is 9.93. The summed E-state index contributed by atoms with van der Waals surface area (Å²) in [6.45, 7) is 0. The Kier molecular flexibility index (Phi) is 9.66. The molecule has 13 aromatic rings. The van der Waals surface area contributed by atoms with Crippen LogP contribution in [-0.2, 0) is 0 Å². The first-order chi connectivity index (χ1) is 33.7. The van der Waals surface area contributed by atoms with E-state index in [0.717, 1.165) is 77.4 Å². The van der Waals surface area contributed by atoms with Crippen LogP contribution < -0.4 is 0 Å². The van der Waals surface area contributed by atoms with E-state index in [0.29, 0.717) is 17.5 Å². The molecule has 10 aromatic carbocycles. The Bertz CT molecular complexity index is 4010. The fraction of sp³-hybridized carbons (Fsp3) is 0. The molecule has 0 amide bonds. The highest BCUT2D eigenvalue weighted by atomic mass is 32.1. The number of fused-ring (bicyclic) bond motifs is 6. The predicted molar refractivity (Wildman–Crippen MR) is 283 cm³/mol. The highest BCUT2D eigenvalue weighted by Gasteiger charge is 2.21. The third-order valence-corrected chi connectivity index (χ3v) is 14.1. The van der Waals surface area contributed by atoms with Crippen molar-refractivity contribution in [2.75, 3.05) is 0 Å². The second kappa shape index (κ2) is 16.6. The van der Waals surface area contributed by atoms with Crippen molar-refractivity contribution < 1.29 is 4.42 Å². The van der Waals surface area contributed by atoms with Gasteiger partial charge >= 0.3 is 0 Å². The van der Waals surface area contributed by atoms with E-state index in [1.807, 2.05) is 18.2 Å². The first-order valence-corrected chi connectivity index (χ1v) is 23.7. The quantitative estimate of drug-likeness (QED) is 0.153. The summed E-state index contributed by atoms with van der Waals surface area (Å²) >= 11 is 1.80. The lowest BCUT2D eigenvalue weighted by Crippen LogP contribution is -2.01. The summed E-state index contributed by atoms with van der Waals surface area (Å²) in [7, 11) is 0. The Balaban J connectivity index is 0.912. The molecule has 3 heterocycles. The zero-order valence-electron chi connectivity index (χ0n) is 36.7. The van der Waals surface area contributed by atoms with Crippen molar-refractivity contribution in [3.8, 4) is 89.8 Å². The molecule has 13 rings (SSSR count). The van der Waals surface area contributed by atoms with Gasteiger partial charge in [0.25, 0.3) is 0 Å².